The van der Waals surface area contributed by atoms with Crippen LogP contribution in [0.25, 0.3) is 0 Å². The Hall–Kier alpha value is -2.66. The van der Waals surface area contributed by atoms with Crippen LogP contribution in [0.15, 0.2) is 18.3 Å². The maximum atomic E-state index is 14.4. The molecule has 0 spiro atoms. The van der Waals surface area contributed by atoms with Gasteiger partial charge in [-0.25, -0.2) is 4.39 Å². The van der Waals surface area contributed by atoms with Crippen LogP contribution in [0.3, 0.4) is 0 Å². The van der Waals surface area contributed by atoms with Crippen LogP contribution in [0.5, 0.6) is 0 Å². The first-order chi connectivity index (χ1) is 19.1. The summed E-state index contributed by atoms with van der Waals surface area (Å²) in [6.07, 6.45) is -0.814. The van der Waals surface area contributed by atoms with Crippen molar-refractivity contribution in [2.24, 2.45) is 10.8 Å². The van der Waals surface area contributed by atoms with Gasteiger partial charge in [0.2, 0.25) is 0 Å². The van der Waals surface area contributed by atoms with E-state index in [1.54, 1.807) is 6.92 Å². The lowest BCUT2D eigenvalue weighted by molar-refractivity contribution is -0.152. The molecule has 2 fully saturated rings. The zero-order chi connectivity index (χ0) is 30.3. The summed E-state index contributed by atoms with van der Waals surface area (Å²) in [5, 5.41) is 15.7. The third-order valence-electron chi connectivity index (χ3n) is 8.80. The number of hydrogen-bond donors (Lipinski definition) is 2. The number of aromatic nitrogens is 2. The van der Waals surface area contributed by atoms with Crippen LogP contribution in [0.2, 0.25) is 10.0 Å². The molecule has 0 saturated heterocycles. The summed E-state index contributed by atoms with van der Waals surface area (Å²) in [5.41, 5.74) is -3.64. The first-order valence-electron chi connectivity index (χ1n) is 13.4. The highest BCUT2D eigenvalue weighted by Crippen LogP contribution is 2.45. The molecule has 4 rings (SSSR count). The predicted molar refractivity (Wildman–Crippen MR) is 144 cm³/mol. The number of carbonyl (C=O) groups is 3. The molecule has 0 aliphatic heterocycles. The Balaban J connectivity index is 1.63. The second-order valence-electron chi connectivity index (χ2n) is 11.7. The molecular weight excluding hydrogens is 589 g/mol. The number of carboxylic acids is 1. The van der Waals surface area contributed by atoms with E-state index >= 15 is 0 Å². The van der Waals surface area contributed by atoms with Gasteiger partial charge in [0.05, 0.1) is 38.8 Å². The number of rotatable bonds is 8. The number of hydrogen-bond acceptors (Lipinski definition) is 4. The normalized spacial score (nSPS) is 23.3. The zero-order valence-corrected chi connectivity index (χ0v) is 24.1. The summed E-state index contributed by atoms with van der Waals surface area (Å²) in [7, 11) is 0. The molecule has 2 N–H and O–H groups in total. The number of nitrogens with one attached hydrogen (secondary N) is 1. The molecule has 2 aliphatic carbocycles. The largest absolute Gasteiger partial charge is 0.481 e. The molecule has 1 heterocycles. The Morgan fingerprint density at radius 1 is 1.10 bits per heavy atom. The molecule has 1 aromatic heterocycles. The Bertz CT molecular complexity index is 1320. The average Bonchev–Trinajstić information content (AvgIpc) is 3.51. The average molecular weight is 620 g/mol. The first-order valence-corrected chi connectivity index (χ1v) is 14.2. The molecule has 2 saturated carbocycles. The molecule has 224 valence electrons. The van der Waals surface area contributed by atoms with Crippen molar-refractivity contribution < 1.29 is 37.1 Å². The fourth-order valence-corrected chi connectivity index (χ4v) is 6.79. The molecule has 1 amide bonds. The first kappa shape index (κ1) is 31.3. The predicted octanol–water partition coefficient (Wildman–Crippen LogP) is 7.51. The Morgan fingerprint density at radius 3 is 2.17 bits per heavy atom. The fourth-order valence-electron chi connectivity index (χ4n) is 6.12. The summed E-state index contributed by atoms with van der Waals surface area (Å²) in [5.74, 6) is -3.34. The Labute approximate surface area is 244 Å². The van der Waals surface area contributed by atoms with E-state index in [2.05, 4.69) is 10.4 Å². The number of nitrogens with zero attached hydrogens (tertiary/aromatic N) is 2. The monoisotopic (exact) mass is 619 g/mol. The second kappa shape index (κ2) is 11.6. The van der Waals surface area contributed by atoms with Gasteiger partial charge in [0.25, 0.3) is 5.91 Å². The topological polar surface area (TPSA) is 101 Å². The zero-order valence-electron chi connectivity index (χ0n) is 22.6. The van der Waals surface area contributed by atoms with Gasteiger partial charge in [-0.3, -0.25) is 19.1 Å². The lowest BCUT2D eigenvalue weighted by Gasteiger charge is -2.35. The van der Waals surface area contributed by atoms with Gasteiger partial charge in [0.1, 0.15) is 5.82 Å². The van der Waals surface area contributed by atoms with Gasteiger partial charge in [-0.1, -0.05) is 43.0 Å². The summed E-state index contributed by atoms with van der Waals surface area (Å²) >= 11 is 12.2. The molecular formula is C28H31Cl2F4N3O4. The quantitative estimate of drug-likeness (QED) is 0.235. The van der Waals surface area contributed by atoms with Crippen molar-refractivity contribution in [3.8, 4) is 0 Å². The van der Waals surface area contributed by atoms with Crippen molar-refractivity contribution in [1.29, 1.82) is 0 Å². The molecule has 1 atom stereocenters. The van der Waals surface area contributed by atoms with Crippen molar-refractivity contribution in [3.63, 3.8) is 0 Å². The number of benzene rings is 1. The standard InChI is InChI=1S/C28H31Cl2F4N3O4/c1-26(7-3-4-8-26)21(13-20(38)22-18(29)11-15(31)12-19(22)30)36-24(39)17-14-35-37(23(17)28(32,33)34)16-5-9-27(2,10-6-16)25(40)41/h11-12,14,16,21H,3-10,13H2,1-2H3,(H,36,39)(H,40,41). The third kappa shape index (κ3) is 6.40. The van der Waals surface area contributed by atoms with Gasteiger partial charge < -0.3 is 10.4 Å². The minimum absolute atomic E-state index is 0.120. The van der Waals surface area contributed by atoms with E-state index in [9.17, 15) is 37.1 Å². The van der Waals surface area contributed by atoms with E-state index in [1.807, 2.05) is 6.92 Å². The molecule has 0 radical (unpaired) electrons. The van der Waals surface area contributed by atoms with Crippen LogP contribution >= 0.6 is 23.2 Å². The summed E-state index contributed by atoms with van der Waals surface area (Å²) in [4.78, 5) is 38.3. The van der Waals surface area contributed by atoms with E-state index in [4.69, 9.17) is 23.2 Å². The van der Waals surface area contributed by atoms with Gasteiger partial charge in [-0.15, -0.1) is 0 Å². The van der Waals surface area contributed by atoms with E-state index < -0.39 is 63.8 Å². The van der Waals surface area contributed by atoms with Crippen LogP contribution in [0.4, 0.5) is 17.6 Å². The van der Waals surface area contributed by atoms with E-state index in [0.29, 0.717) is 12.8 Å². The number of carboxylic acid groups (broad SMARTS) is 1. The number of Topliss-reactive ketones (excluding diaryl/α,β-unsaturated/α-hetero) is 1. The van der Waals surface area contributed by atoms with Crippen LogP contribution < -0.4 is 5.32 Å². The van der Waals surface area contributed by atoms with Gasteiger partial charge in [0, 0.05) is 12.5 Å². The van der Waals surface area contributed by atoms with Gasteiger partial charge in [0.15, 0.2) is 11.5 Å². The van der Waals surface area contributed by atoms with Crippen molar-refractivity contribution >= 4 is 40.9 Å². The van der Waals surface area contributed by atoms with E-state index in [1.165, 1.54) is 0 Å². The van der Waals surface area contributed by atoms with Crippen LogP contribution in [0, 0.1) is 16.6 Å². The van der Waals surface area contributed by atoms with Crippen LogP contribution in [0.1, 0.15) is 104 Å². The maximum Gasteiger partial charge on any atom is 0.433 e. The number of amides is 1. The van der Waals surface area contributed by atoms with Gasteiger partial charge >= 0.3 is 12.1 Å². The van der Waals surface area contributed by atoms with Crippen LogP contribution in [-0.4, -0.2) is 38.6 Å². The lowest BCUT2D eigenvalue weighted by Crippen LogP contribution is -2.47. The fraction of sp³-hybridized carbons (Fsp3) is 0.571. The van der Waals surface area contributed by atoms with Crippen molar-refractivity contribution in [2.45, 2.75) is 89.9 Å². The van der Waals surface area contributed by atoms with Crippen LogP contribution in [-0.2, 0) is 11.0 Å². The van der Waals surface area contributed by atoms with Gasteiger partial charge in [-0.2, -0.15) is 18.3 Å². The van der Waals surface area contributed by atoms with Crippen molar-refractivity contribution in [1.82, 2.24) is 15.1 Å². The minimum atomic E-state index is -4.92. The number of ketones is 1. The molecule has 13 heteroatoms. The van der Waals surface area contributed by atoms with E-state index in [-0.39, 0.29) is 47.7 Å². The maximum absolute atomic E-state index is 14.4. The Kier molecular flexibility index (Phi) is 8.81. The number of alkyl halides is 3. The second-order valence-corrected chi connectivity index (χ2v) is 12.5. The molecule has 7 nitrogen and oxygen atoms in total. The highest BCUT2D eigenvalue weighted by Gasteiger charge is 2.46. The Morgan fingerprint density at radius 2 is 1.66 bits per heavy atom. The van der Waals surface area contributed by atoms with Crippen molar-refractivity contribution in [3.05, 3.63) is 51.0 Å². The number of carbonyl (C=O) groups excluding carboxylic acids is 2. The number of aliphatic carboxylic acids is 1. The SMILES string of the molecule is CC1(C(=O)O)CCC(n2ncc(C(=O)NC(CC(=O)c3c(Cl)cc(F)cc3Cl)C3(C)CCCC3)c2C(F)(F)F)CC1. The summed E-state index contributed by atoms with van der Waals surface area (Å²) in [6, 6.07) is 0.297. The molecule has 1 aromatic carbocycles. The molecule has 2 aromatic rings. The lowest BCUT2D eigenvalue weighted by atomic mass is 9.74. The van der Waals surface area contributed by atoms with Gasteiger partial charge in [-0.05, 0) is 63.0 Å². The third-order valence-corrected chi connectivity index (χ3v) is 9.39. The van der Waals surface area contributed by atoms with E-state index in [0.717, 1.165) is 35.9 Å². The van der Waals surface area contributed by atoms with Crippen molar-refractivity contribution in [2.75, 3.05) is 0 Å². The molecule has 2 aliphatic rings. The summed E-state index contributed by atoms with van der Waals surface area (Å²) < 4.78 is 57.5. The highest BCUT2D eigenvalue weighted by molar-refractivity contribution is 6.39. The summed E-state index contributed by atoms with van der Waals surface area (Å²) in [6.45, 7) is 3.43. The number of halogens is 6. The molecule has 0 bridgehead atoms. The smallest absolute Gasteiger partial charge is 0.433 e. The minimum Gasteiger partial charge on any atom is -0.481 e. The molecule has 1 unspecified atom stereocenters. The highest BCUT2D eigenvalue weighted by atomic mass is 35.5. The molecule has 41 heavy (non-hydrogen) atoms.